The molecular weight excluding hydrogens is 330 g/mol. The Morgan fingerprint density at radius 3 is 3.00 bits per heavy atom. The smallest absolute Gasteiger partial charge is 0.336 e. The van der Waals surface area contributed by atoms with Crippen molar-refractivity contribution in [2.24, 2.45) is 0 Å². The van der Waals surface area contributed by atoms with Gasteiger partial charge in [0.2, 0.25) is 5.13 Å². The molecule has 2 aromatic rings. The van der Waals surface area contributed by atoms with Crippen LogP contribution in [0, 0.1) is 0 Å². The molecule has 2 rings (SSSR count). The highest BCUT2D eigenvalue weighted by atomic mass is 79.9. The Morgan fingerprint density at radius 1 is 1.53 bits per heavy atom. The lowest BCUT2D eigenvalue weighted by Crippen LogP contribution is -1.99. The molecule has 5 nitrogen and oxygen atoms in total. The fourth-order valence-corrected chi connectivity index (χ4v) is 2.57. The lowest BCUT2D eigenvalue weighted by molar-refractivity contribution is 0.0696. The van der Waals surface area contributed by atoms with Crippen LogP contribution in [0.5, 0.6) is 0 Å². The van der Waals surface area contributed by atoms with Crippen molar-refractivity contribution in [1.29, 1.82) is 0 Å². The number of carboxylic acids is 1. The summed E-state index contributed by atoms with van der Waals surface area (Å²) in [6.07, 6.45) is 1.84. The molecule has 0 fully saturated rings. The number of aromatic carboxylic acids is 1. The maximum atomic E-state index is 11.0. The third-order valence-corrected chi connectivity index (χ3v) is 3.75. The molecule has 1 aromatic carbocycles. The van der Waals surface area contributed by atoms with Gasteiger partial charge >= 0.3 is 5.97 Å². The number of halogens is 1. The highest BCUT2D eigenvalue weighted by Crippen LogP contribution is 2.24. The largest absolute Gasteiger partial charge is 0.478 e. The third-order valence-electron chi connectivity index (χ3n) is 2.39. The Morgan fingerprint density at radius 2 is 2.32 bits per heavy atom. The van der Waals surface area contributed by atoms with Gasteiger partial charge in [0.05, 0.1) is 5.56 Å². The maximum absolute atomic E-state index is 11.0. The molecule has 7 heteroatoms. The highest BCUT2D eigenvalue weighted by molar-refractivity contribution is 9.10. The Balaban J connectivity index is 2.18. The summed E-state index contributed by atoms with van der Waals surface area (Å²) in [5, 5.41) is 12.8. The van der Waals surface area contributed by atoms with Crippen molar-refractivity contribution in [3.8, 4) is 0 Å². The molecular formula is C12H12BrN3O2S. The first-order chi connectivity index (χ1) is 9.10. The molecule has 100 valence electrons. The van der Waals surface area contributed by atoms with E-state index in [1.807, 2.05) is 0 Å². The van der Waals surface area contributed by atoms with E-state index in [4.69, 9.17) is 5.11 Å². The number of nitrogens with one attached hydrogen (secondary N) is 1. The highest BCUT2D eigenvalue weighted by Gasteiger charge is 2.10. The van der Waals surface area contributed by atoms with Gasteiger partial charge in [0.1, 0.15) is 5.82 Å². The Kier molecular flexibility index (Phi) is 4.49. The van der Waals surface area contributed by atoms with Crippen LogP contribution in [0.4, 0.5) is 10.8 Å². The SMILES string of the molecule is CCCc1nsc(Nc2ccc(Br)c(C(=O)O)c2)n1. The number of aromatic nitrogens is 2. The molecule has 0 aliphatic rings. The van der Waals surface area contributed by atoms with Gasteiger partial charge < -0.3 is 10.4 Å². The molecule has 19 heavy (non-hydrogen) atoms. The Bertz CT molecular complexity index is 600. The standard InChI is InChI=1S/C12H12BrN3O2S/c1-2-3-10-15-12(19-16-10)14-7-4-5-9(13)8(6-7)11(17)18/h4-6H,2-3H2,1H3,(H,17,18)(H,14,15,16). The van der Waals surface area contributed by atoms with E-state index in [2.05, 4.69) is 37.5 Å². The maximum Gasteiger partial charge on any atom is 0.336 e. The van der Waals surface area contributed by atoms with Crippen molar-refractivity contribution < 1.29 is 9.90 Å². The van der Waals surface area contributed by atoms with E-state index < -0.39 is 5.97 Å². The molecule has 0 saturated heterocycles. The molecule has 0 amide bonds. The van der Waals surface area contributed by atoms with E-state index in [1.165, 1.54) is 11.5 Å². The minimum absolute atomic E-state index is 0.211. The number of carbonyl (C=O) groups is 1. The quantitative estimate of drug-likeness (QED) is 0.867. The molecule has 0 unspecified atom stereocenters. The summed E-state index contributed by atoms with van der Waals surface area (Å²) in [5.74, 6) is -0.162. The van der Waals surface area contributed by atoms with Crippen LogP contribution in [0.25, 0.3) is 0 Å². The first kappa shape index (κ1) is 14.0. The van der Waals surface area contributed by atoms with Crippen LogP contribution in [0.2, 0.25) is 0 Å². The van der Waals surface area contributed by atoms with Gasteiger partial charge in [-0.05, 0) is 40.5 Å². The number of benzene rings is 1. The van der Waals surface area contributed by atoms with E-state index in [0.29, 0.717) is 15.3 Å². The minimum Gasteiger partial charge on any atom is -0.478 e. The van der Waals surface area contributed by atoms with Crippen LogP contribution in [0.15, 0.2) is 22.7 Å². The van der Waals surface area contributed by atoms with Crippen molar-refractivity contribution >= 4 is 44.3 Å². The number of hydrogen-bond acceptors (Lipinski definition) is 5. The first-order valence-electron chi connectivity index (χ1n) is 5.72. The number of rotatable bonds is 5. The second-order valence-electron chi connectivity index (χ2n) is 3.89. The summed E-state index contributed by atoms with van der Waals surface area (Å²) < 4.78 is 4.77. The molecule has 0 atom stereocenters. The topological polar surface area (TPSA) is 75.1 Å². The average Bonchev–Trinajstić information content (AvgIpc) is 2.79. The average molecular weight is 342 g/mol. The molecule has 0 aliphatic heterocycles. The van der Waals surface area contributed by atoms with Gasteiger partial charge in [-0.25, -0.2) is 9.78 Å². The number of aryl methyl sites for hydroxylation is 1. The van der Waals surface area contributed by atoms with Crippen LogP contribution >= 0.6 is 27.5 Å². The van der Waals surface area contributed by atoms with Crippen LogP contribution < -0.4 is 5.32 Å². The van der Waals surface area contributed by atoms with Gasteiger partial charge in [-0.3, -0.25) is 0 Å². The lowest BCUT2D eigenvalue weighted by Gasteiger charge is -2.04. The predicted octanol–water partition coefficient (Wildman–Crippen LogP) is 3.69. The molecule has 2 N–H and O–H groups in total. The number of hydrogen-bond donors (Lipinski definition) is 2. The molecule has 1 heterocycles. The van der Waals surface area contributed by atoms with Crippen LogP contribution in [0.1, 0.15) is 29.5 Å². The fourth-order valence-electron chi connectivity index (χ4n) is 1.52. The second-order valence-corrected chi connectivity index (χ2v) is 5.50. The molecule has 0 radical (unpaired) electrons. The molecule has 0 aliphatic carbocycles. The van der Waals surface area contributed by atoms with Crippen molar-refractivity contribution in [1.82, 2.24) is 9.36 Å². The Hall–Kier alpha value is -1.47. The van der Waals surface area contributed by atoms with Gasteiger partial charge in [0, 0.05) is 28.1 Å². The summed E-state index contributed by atoms with van der Waals surface area (Å²) >= 11 is 4.48. The molecule has 1 aromatic heterocycles. The zero-order valence-electron chi connectivity index (χ0n) is 10.2. The number of anilines is 2. The normalized spacial score (nSPS) is 10.4. The van der Waals surface area contributed by atoms with E-state index in [9.17, 15) is 4.79 Å². The van der Waals surface area contributed by atoms with Crippen LogP contribution in [0.3, 0.4) is 0 Å². The first-order valence-corrected chi connectivity index (χ1v) is 7.29. The minimum atomic E-state index is -0.973. The second kappa shape index (κ2) is 6.12. The van der Waals surface area contributed by atoms with Gasteiger partial charge in [0.15, 0.2) is 0 Å². The summed E-state index contributed by atoms with van der Waals surface area (Å²) in [4.78, 5) is 15.4. The lowest BCUT2D eigenvalue weighted by atomic mass is 10.2. The molecule has 0 saturated carbocycles. The zero-order chi connectivity index (χ0) is 13.8. The van der Waals surface area contributed by atoms with E-state index in [-0.39, 0.29) is 5.56 Å². The van der Waals surface area contributed by atoms with Crippen molar-refractivity contribution in [3.05, 3.63) is 34.1 Å². The Labute approximate surface area is 123 Å². The monoisotopic (exact) mass is 341 g/mol. The third kappa shape index (κ3) is 3.51. The predicted molar refractivity (Wildman–Crippen MR) is 78.3 cm³/mol. The summed E-state index contributed by atoms with van der Waals surface area (Å²) in [5.41, 5.74) is 0.892. The zero-order valence-corrected chi connectivity index (χ0v) is 12.6. The van der Waals surface area contributed by atoms with Gasteiger partial charge in [-0.15, -0.1) is 0 Å². The van der Waals surface area contributed by atoms with Crippen molar-refractivity contribution in [3.63, 3.8) is 0 Å². The van der Waals surface area contributed by atoms with Crippen molar-refractivity contribution in [2.45, 2.75) is 19.8 Å². The van der Waals surface area contributed by atoms with Crippen molar-refractivity contribution in [2.75, 3.05) is 5.32 Å². The summed E-state index contributed by atoms with van der Waals surface area (Å²) in [6.45, 7) is 2.07. The van der Waals surface area contributed by atoms with Crippen LogP contribution in [-0.2, 0) is 6.42 Å². The number of nitrogens with zero attached hydrogens (tertiary/aromatic N) is 2. The van der Waals surface area contributed by atoms with Gasteiger partial charge in [-0.2, -0.15) is 4.37 Å². The van der Waals surface area contributed by atoms with E-state index in [1.54, 1.807) is 18.2 Å². The summed E-state index contributed by atoms with van der Waals surface area (Å²) in [6, 6.07) is 5.05. The van der Waals surface area contributed by atoms with Gasteiger partial charge in [-0.1, -0.05) is 6.92 Å². The van der Waals surface area contributed by atoms with E-state index >= 15 is 0 Å². The molecule has 0 bridgehead atoms. The van der Waals surface area contributed by atoms with Gasteiger partial charge in [0.25, 0.3) is 0 Å². The number of carboxylic acid groups (broad SMARTS) is 1. The van der Waals surface area contributed by atoms with E-state index in [0.717, 1.165) is 18.7 Å². The molecule has 0 spiro atoms. The van der Waals surface area contributed by atoms with Crippen LogP contribution in [-0.4, -0.2) is 20.4 Å². The fraction of sp³-hybridized carbons (Fsp3) is 0.250. The summed E-state index contributed by atoms with van der Waals surface area (Å²) in [7, 11) is 0.